The van der Waals surface area contributed by atoms with Crippen LogP contribution in [0.3, 0.4) is 0 Å². The average Bonchev–Trinajstić information content (AvgIpc) is 3.47. The lowest BCUT2D eigenvalue weighted by Gasteiger charge is -2.26. The van der Waals surface area contributed by atoms with E-state index in [0.717, 1.165) is 5.56 Å². The van der Waals surface area contributed by atoms with Gasteiger partial charge >= 0.3 is 6.01 Å². The van der Waals surface area contributed by atoms with E-state index < -0.39 is 28.1 Å². The van der Waals surface area contributed by atoms with Gasteiger partial charge in [-0.1, -0.05) is 44.2 Å². The van der Waals surface area contributed by atoms with E-state index in [0.29, 0.717) is 18.4 Å². The van der Waals surface area contributed by atoms with Gasteiger partial charge in [0.25, 0.3) is 5.91 Å². The Morgan fingerprint density at radius 2 is 2.00 bits per heavy atom. The van der Waals surface area contributed by atoms with Crippen LogP contribution in [0, 0.1) is 12.3 Å². The maximum absolute atomic E-state index is 13.5. The SMILES string of the molecule is CC(C)CN(CC(O)[CH]Cc1ccccc1)S(=O)(=O)c1ccc2nc(NC(=O)C3CCC(=O)N3)oc2c1. The number of sulfonamides is 1. The summed E-state index contributed by atoms with van der Waals surface area (Å²) in [6.07, 6.45) is 1.91. The Morgan fingerprint density at radius 3 is 2.68 bits per heavy atom. The molecule has 1 aliphatic heterocycles. The van der Waals surface area contributed by atoms with Crippen LogP contribution in [0.25, 0.3) is 11.1 Å². The molecule has 0 aliphatic carbocycles. The maximum atomic E-state index is 13.5. The molecule has 0 spiro atoms. The lowest BCUT2D eigenvalue weighted by molar-refractivity contribution is -0.122. The number of oxazole rings is 1. The number of hydrogen-bond acceptors (Lipinski definition) is 7. The first-order valence-electron chi connectivity index (χ1n) is 12.2. The predicted octanol–water partition coefficient (Wildman–Crippen LogP) is 2.50. The minimum absolute atomic E-state index is 0.00649. The van der Waals surface area contributed by atoms with Gasteiger partial charge in [-0.15, -0.1) is 0 Å². The number of benzene rings is 2. The van der Waals surface area contributed by atoms with Gasteiger partial charge in [-0.25, -0.2) is 8.42 Å². The zero-order chi connectivity index (χ0) is 26.6. The van der Waals surface area contributed by atoms with E-state index in [1.54, 1.807) is 6.42 Å². The summed E-state index contributed by atoms with van der Waals surface area (Å²) in [6, 6.07) is 13.2. The molecule has 2 amide bonds. The predicted molar refractivity (Wildman–Crippen MR) is 138 cm³/mol. The molecular weight excluding hydrogens is 496 g/mol. The Hall–Kier alpha value is -3.28. The third-order valence-corrected chi connectivity index (χ3v) is 7.80. The van der Waals surface area contributed by atoms with Gasteiger partial charge in [-0.05, 0) is 42.9 Å². The molecular formula is C26H31N4O6S. The van der Waals surface area contributed by atoms with Gasteiger partial charge in [0.05, 0.1) is 11.0 Å². The van der Waals surface area contributed by atoms with Gasteiger partial charge in [-0.3, -0.25) is 14.9 Å². The molecule has 197 valence electrons. The number of aromatic nitrogens is 1. The topological polar surface area (TPSA) is 142 Å². The first kappa shape index (κ1) is 26.8. The van der Waals surface area contributed by atoms with Gasteiger partial charge in [0, 0.05) is 25.6 Å². The monoisotopic (exact) mass is 527 g/mol. The molecule has 2 atom stereocenters. The molecule has 1 aliphatic rings. The summed E-state index contributed by atoms with van der Waals surface area (Å²) in [5.41, 5.74) is 1.58. The number of hydrogen-bond donors (Lipinski definition) is 3. The van der Waals surface area contributed by atoms with Crippen molar-refractivity contribution in [1.82, 2.24) is 14.6 Å². The van der Waals surface area contributed by atoms with E-state index in [1.165, 1.54) is 22.5 Å². The van der Waals surface area contributed by atoms with Crippen LogP contribution in [0.15, 0.2) is 57.8 Å². The third kappa shape index (κ3) is 6.73. The number of anilines is 1. The van der Waals surface area contributed by atoms with Crippen molar-refractivity contribution in [2.45, 2.75) is 50.2 Å². The summed E-state index contributed by atoms with van der Waals surface area (Å²) in [7, 11) is -3.97. The third-order valence-electron chi connectivity index (χ3n) is 5.97. The molecule has 3 N–H and O–H groups in total. The van der Waals surface area contributed by atoms with Crippen molar-refractivity contribution in [2.75, 3.05) is 18.4 Å². The summed E-state index contributed by atoms with van der Waals surface area (Å²) < 4.78 is 33.9. The fourth-order valence-corrected chi connectivity index (χ4v) is 5.76. The normalized spacial score (nSPS) is 16.9. The number of carbonyl (C=O) groups is 2. The number of nitrogens with zero attached hydrogens (tertiary/aromatic N) is 2. The lowest BCUT2D eigenvalue weighted by atomic mass is 10.1. The smallest absolute Gasteiger partial charge is 0.302 e. The number of aliphatic hydroxyl groups is 1. The highest BCUT2D eigenvalue weighted by atomic mass is 32.2. The number of amides is 2. The van der Waals surface area contributed by atoms with Crippen molar-refractivity contribution in [1.29, 1.82) is 0 Å². The molecule has 1 aromatic heterocycles. The highest BCUT2D eigenvalue weighted by molar-refractivity contribution is 7.89. The van der Waals surface area contributed by atoms with E-state index >= 15 is 0 Å². The molecule has 3 aromatic rings. The number of aliphatic hydroxyl groups excluding tert-OH is 1. The lowest BCUT2D eigenvalue weighted by Crippen LogP contribution is -2.40. The van der Waals surface area contributed by atoms with E-state index in [1.807, 2.05) is 44.2 Å². The minimum atomic E-state index is -3.97. The van der Waals surface area contributed by atoms with Crippen LogP contribution in [0.4, 0.5) is 6.01 Å². The molecule has 2 heterocycles. The summed E-state index contributed by atoms with van der Waals surface area (Å²) in [5, 5.41) is 15.7. The molecule has 0 bridgehead atoms. The quantitative estimate of drug-likeness (QED) is 0.348. The molecule has 37 heavy (non-hydrogen) atoms. The summed E-state index contributed by atoms with van der Waals surface area (Å²) >= 11 is 0. The van der Waals surface area contributed by atoms with Crippen LogP contribution < -0.4 is 10.6 Å². The first-order chi connectivity index (χ1) is 17.6. The van der Waals surface area contributed by atoms with Gasteiger partial charge < -0.3 is 14.8 Å². The molecule has 4 rings (SSSR count). The first-order valence-corrected chi connectivity index (χ1v) is 13.6. The highest BCUT2D eigenvalue weighted by Gasteiger charge is 2.30. The van der Waals surface area contributed by atoms with Gasteiger partial charge in [0.15, 0.2) is 5.58 Å². The Morgan fingerprint density at radius 1 is 1.24 bits per heavy atom. The second-order valence-electron chi connectivity index (χ2n) is 9.51. The van der Waals surface area contributed by atoms with Crippen LogP contribution in [0.2, 0.25) is 0 Å². The molecule has 1 saturated heterocycles. The molecule has 1 fully saturated rings. The van der Waals surface area contributed by atoms with Crippen LogP contribution in [0.5, 0.6) is 0 Å². The number of fused-ring (bicyclic) bond motifs is 1. The zero-order valence-electron chi connectivity index (χ0n) is 20.8. The fourth-order valence-electron chi connectivity index (χ4n) is 4.12. The van der Waals surface area contributed by atoms with Gasteiger partial charge in [-0.2, -0.15) is 9.29 Å². The van der Waals surface area contributed by atoms with E-state index in [4.69, 9.17) is 4.42 Å². The largest absolute Gasteiger partial charge is 0.423 e. The van der Waals surface area contributed by atoms with Crippen molar-refractivity contribution in [3.8, 4) is 0 Å². The van der Waals surface area contributed by atoms with Crippen molar-refractivity contribution in [3.05, 3.63) is 60.5 Å². The molecule has 11 heteroatoms. The minimum Gasteiger partial charge on any atom is -0.423 e. The second kappa shape index (κ2) is 11.4. The Bertz CT molecular complexity index is 1360. The summed E-state index contributed by atoms with van der Waals surface area (Å²) in [4.78, 5) is 27.9. The standard InChI is InChI=1S/C26H31N4O6S/c1-17(2)15-30(16-19(31)9-8-18-6-4-3-5-7-18)37(34,35)20-10-11-21-23(14-20)36-26(28-21)29-25(33)22-12-13-24(32)27-22/h3-7,9-11,14,17,19,22,31H,8,12-13,15-16H2,1-2H3,(H,27,32)(H,28,29,33). The highest BCUT2D eigenvalue weighted by Crippen LogP contribution is 2.26. The van der Waals surface area contributed by atoms with Crippen molar-refractivity contribution in [3.63, 3.8) is 0 Å². The molecule has 2 unspecified atom stereocenters. The molecule has 10 nitrogen and oxygen atoms in total. The second-order valence-corrected chi connectivity index (χ2v) is 11.4. The average molecular weight is 528 g/mol. The van der Waals surface area contributed by atoms with Crippen molar-refractivity contribution in [2.24, 2.45) is 5.92 Å². The maximum Gasteiger partial charge on any atom is 0.302 e. The number of rotatable bonds is 11. The van der Waals surface area contributed by atoms with E-state index in [2.05, 4.69) is 15.6 Å². The number of nitrogens with one attached hydrogen (secondary N) is 2. The number of carbonyl (C=O) groups excluding carboxylic acids is 2. The van der Waals surface area contributed by atoms with Crippen molar-refractivity contribution < 1.29 is 27.5 Å². The van der Waals surface area contributed by atoms with Crippen LogP contribution in [-0.2, 0) is 26.0 Å². The molecule has 0 saturated carbocycles. The Kier molecular flexibility index (Phi) is 8.25. The van der Waals surface area contributed by atoms with E-state index in [9.17, 15) is 23.1 Å². The summed E-state index contributed by atoms with van der Waals surface area (Å²) in [5.74, 6) is -0.613. The molecule has 2 aromatic carbocycles. The van der Waals surface area contributed by atoms with Crippen LogP contribution in [-0.4, -0.2) is 59.9 Å². The van der Waals surface area contributed by atoms with E-state index in [-0.39, 0.29) is 47.8 Å². The van der Waals surface area contributed by atoms with Gasteiger partial charge in [0.2, 0.25) is 15.9 Å². The summed E-state index contributed by atoms with van der Waals surface area (Å²) in [6.45, 7) is 3.95. The zero-order valence-corrected chi connectivity index (χ0v) is 21.6. The van der Waals surface area contributed by atoms with Crippen LogP contribution in [0.1, 0.15) is 32.3 Å². The van der Waals surface area contributed by atoms with Crippen LogP contribution >= 0.6 is 0 Å². The fraction of sp³-hybridized carbons (Fsp3) is 0.385. The Balaban J connectivity index is 1.48. The van der Waals surface area contributed by atoms with Crippen molar-refractivity contribution >= 4 is 39.0 Å². The Labute approximate surface area is 216 Å². The van der Waals surface area contributed by atoms with Gasteiger partial charge in [0.1, 0.15) is 11.6 Å². The molecule has 1 radical (unpaired) electrons.